The Hall–Kier alpha value is -1.99. The molecule has 126 valence electrons. The molecule has 0 spiro atoms. The van der Waals surface area contributed by atoms with Gasteiger partial charge in [0.2, 0.25) is 5.91 Å². The zero-order valence-electron chi connectivity index (χ0n) is 10.9. The lowest BCUT2D eigenvalue weighted by molar-refractivity contribution is -0.444. The van der Waals surface area contributed by atoms with E-state index in [0.717, 1.165) is 6.07 Å². The van der Waals surface area contributed by atoms with Gasteiger partial charge in [-0.1, -0.05) is 4.33 Å². The van der Waals surface area contributed by atoms with Gasteiger partial charge in [-0.3, -0.25) is 14.8 Å². The van der Waals surface area contributed by atoms with Crippen LogP contribution in [0.1, 0.15) is 6.92 Å². The highest BCUT2D eigenvalue weighted by molar-refractivity contribution is 7.89. The Labute approximate surface area is 121 Å². The summed E-state index contributed by atoms with van der Waals surface area (Å²) >= 11 is 0. The molecule has 0 aromatic carbocycles. The summed E-state index contributed by atoms with van der Waals surface area (Å²) < 4.78 is 62.2. The van der Waals surface area contributed by atoms with Gasteiger partial charge in [-0.2, -0.15) is 13.7 Å². The highest BCUT2D eigenvalue weighted by atomic mass is 32.2. The first kappa shape index (κ1) is 20.0. The number of hydrazine groups is 1. The second-order valence-corrected chi connectivity index (χ2v) is 5.17. The van der Waals surface area contributed by atoms with Crippen molar-refractivity contribution in [1.29, 1.82) is 5.26 Å². The van der Waals surface area contributed by atoms with Crippen LogP contribution in [0.2, 0.25) is 0 Å². The van der Waals surface area contributed by atoms with E-state index >= 15 is 0 Å². The normalized spacial score (nSPS) is 14.6. The summed E-state index contributed by atoms with van der Waals surface area (Å²) in [4.78, 5) is 21.6. The molecule has 0 aromatic rings. The monoisotopic (exact) mass is 350 g/mol. The average Bonchev–Trinajstić information content (AvgIpc) is 2.36. The number of nitrogens with zero attached hydrogens (tertiary/aromatic N) is 3. The number of amides is 2. The molecule has 0 radical (unpaired) electrons. The van der Waals surface area contributed by atoms with Crippen LogP contribution < -0.4 is 5.84 Å². The molecule has 0 heterocycles. The van der Waals surface area contributed by atoms with E-state index in [1.165, 1.54) is 0 Å². The molecule has 2 amide bonds. The lowest BCUT2D eigenvalue weighted by Gasteiger charge is -2.32. The van der Waals surface area contributed by atoms with Gasteiger partial charge in [0.25, 0.3) is 0 Å². The fourth-order valence-electron chi connectivity index (χ4n) is 1.11. The molecule has 0 aromatic heterocycles. The van der Waals surface area contributed by atoms with Gasteiger partial charge in [-0.25, -0.2) is 5.84 Å². The van der Waals surface area contributed by atoms with Gasteiger partial charge in [0, 0.05) is 14.0 Å². The molecule has 0 saturated heterocycles. The van der Waals surface area contributed by atoms with Crippen LogP contribution in [0.5, 0.6) is 0 Å². The topological polar surface area (TPSA) is 163 Å². The molecule has 0 saturated carbocycles. The zero-order valence-corrected chi connectivity index (χ0v) is 11.7. The van der Waals surface area contributed by atoms with Gasteiger partial charge in [0.15, 0.2) is 0 Å². The summed E-state index contributed by atoms with van der Waals surface area (Å²) in [6, 6.07) is 0.768. The van der Waals surface area contributed by atoms with Gasteiger partial charge >= 0.3 is 27.3 Å². The van der Waals surface area contributed by atoms with Crippen molar-refractivity contribution in [2.45, 2.75) is 18.2 Å². The standard InChI is InChI=1S/C7H9F3N4O7S/c1-4(15)13(2)6(3-11,5(16)14(12)17)22(18,19)21-20-7(8,9)10/h17H,12H2,1-2H3. The molecule has 0 bridgehead atoms. The second-order valence-electron chi connectivity index (χ2n) is 3.53. The van der Waals surface area contributed by atoms with Crippen LogP contribution in [-0.2, 0) is 28.9 Å². The van der Waals surface area contributed by atoms with Crippen LogP contribution in [0.4, 0.5) is 13.2 Å². The molecule has 0 aliphatic carbocycles. The average molecular weight is 350 g/mol. The van der Waals surface area contributed by atoms with E-state index in [1.807, 2.05) is 0 Å². The van der Waals surface area contributed by atoms with Gasteiger partial charge in [0.05, 0.1) is 0 Å². The van der Waals surface area contributed by atoms with Crippen LogP contribution in [0, 0.1) is 11.3 Å². The summed E-state index contributed by atoms with van der Waals surface area (Å²) in [5.74, 6) is 1.15. The first-order valence-electron chi connectivity index (χ1n) is 4.85. The van der Waals surface area contributed by atoms with Crippen molar-refractivity contribution in [3.8, 4) is 6.07 Å². The molecule has 0 aliphatic rings. The predicted octanol–water partition coefficient (Wildman–Crippen LogP) is -1.43. The maximum absolute atomic E-state index is 11.9. The molecule has 0 rings (SSSR count). The summed E-state index contributed by atoms with van der Waals surface area (Å²) in [6.45, 7) is 0.678. The maximum Gasteiger partial charge on any atom is 0.550 e. The van der Waals surface area contributed by atoms with Crippen LogP contribution in [0.15, 0.2) is 0 Å². The first-order chi connectivity index (χ1) is 9.73. The fourth-order valence-corrected chi connectivity index (χ4v) is 2.25. The third-order valence-electron chi connectivity index (χ3n) is 2.17. The van der Waals surface area contributed by atoms with Gasteiger partial charge in [0.1, 0.15) is 6.07 Å². The fraction of sp³-hybridized carbons (Fsp3) is 0.571. The van der Waals surface area contributed by atoms with Crippen molar-refractivity contribution in [2.75, 3.05) is 7.05 Å². The number of carbonyl (C=O) groups excluding carboxylic acids is 2. The van der Waals surface area contributed by atoms with Crippen molar-refractivity contribution >= 4 is 21.9 Å². The van der Waals surface area contributed by atoms with Crippen molar-refractivity contribution in [1.82, 2.24) is 10.1 Å². The van der Waals surface area contributed by atoms with Crippen LogP contribution in [0.25, 0.3) is 0 Å². The van der Waals surface area contributed by atoms with E-state index in [4.69, 9.17) is 10.5 Å². The highest BCUT2D eigenvalue weighted by Crippen LogP contribution is 2.28. The van der Waals surface area contributed by atoms with E-state index in [9.17, 15) is 31.2 Å². The Kier molecular flexibility index (Phi) is 5.83. The van der Waals surface area contributed by atoms with Crippen molar-refractivity contribution in [3.63, 3.8) is 0 Å². The summed E-state index contributed by atoms with van der Waals surface area (Å²) in [6.07, 6.45) is -5.60. The number of hydroxylamine groups is 1. The zero-order chi connectivity index (χ0) is 17.9. The molecule has 22 heavy (non-hydrogen) atoms. The Morgan fingerprint density at radius 2 is 1.82 bits per heavy atom. The number of nitriles is 1. The van der Waals surface area contributed by atoms with Gasteiger partial charge < -0.3 is 4.90 Å². The molecule has 15 heteroatoms. The van der Waals surface area contributed by atoms with E-state index in [0.29, 0.717) is 14.0 Å². The Morgan fingerprint density at radius 3 is 2.09 bits per heavy atom. The molecule has 3 N–H and O–H groups in total. The van der Waals surface area contributed by atoms with Crippen molar-refractivity contribution in [2.24, 2.45) is 5.84 Å². The number of nitrogens with two attached hydrogens (primary N) is 1. The molecule has 0 aliphatic heterocycles. The van der Waals surface area contributed by atoms with Crippen molar-refractivity contribution < 1.29 is 45.6 Å². The maximum atomic E-state index is 11.9. The minimum Gasteiger partial charge on any atom is -0.305 e. The van der Waals surface area contributed by atoms with E-state index < -0.39 is 38.3 Å². The highest BCUT2D eigenvalue weighted by Gasteiger charge is 2.61. The molecule has 11 nitrogen and oxygen atoms in total. The van der Waals surface area contributed by atoms with Gasteiger partial charge in [-0.15, -0.1) is 23.2 Å². The van der Waals surface area contributed by atoms with E-state index in [-0.39, 0.29) is 4.90 Å². The lowest BCUT2D eigenvalue weighted by atomic mass is 10.2. The van der Waals surface area contributed by atoms with E-state index in [2.05, 4.69) is 15.1 Å². The largest absolute Gasteiger partial charge is 0.550 e. The number of likely N-dealkylation sites (N-methyl/N-ethyl adjacent to an activating group) is 1. The molecule has 1 unspecified atom stereocenters. The number of alkyl halides is 3. The van der Waals surface area contributed by atoms with Crippen molar-refractivity contribution in [3.05, 3.63) is 0 Å². The van der Waals surface area contributed by atoms with Crippen LogP contribution in [-0.4, -0.2) is 53.8 Å². The molecular formula is C7H9F3N4O7S. The number of carbonyl (C=O) groups is 2. The second kappa shape index (κ2) is 6.41. The Bertz CT molecular complexity index is 598. The number of hydrogen-bond donors (Lipinski definition) is 2. The van der Waals surface area contributed by atoms with Crippen LogP contribution >= 0.6 is 0 Å². The Morgan fingerprint density at radius 1 is 1.36 bits per heavy atom. The molecule has 0 fully saturated rings. The first-order valence-corrected chi connectivity index (χ1v) is 6.26. The third-order valence-corrected chi connectivity index (χ3v) is 3.68. The summed E-state index contributed by atoms with van der Waals surface area (Å²) in [7, 11) is -5.31. The van der Waals surface area contributed by atoms with Gasteiger partial charge in [-0.05, 0) is 0 Å². The number of halogens is 3. The minimum atomic E-state index is -5.89. The lowest BCUT2D eigenvalue weighted by Crippen LogP contribution is -2.64. The summed E-state index contributed by atoms with van der Waals surface area (Å²) in [5, 5.41) is 16.8. The Balaban J connectivity index is 6.14. The minimum absolute atomic E-state index is 0.111. The molecule has 1 atom stereocenters. The third kappa shape index (κ3) is 3.80. The van der Waals surface area contributed by atoms with E-state index in [1.54, 1.807) is 0 Å². The SMILES string of the molecule is CC(=O)N(C)C(C#N)(C(=O)N(N)O)S(=O)(=O)OOC(F)(F)F. The smallest absolute Gasteiger partial charge is 0.305 e. The number of hydrogen-bond acceptors (Lipinski definition) is 9. The predicted molar refractivity (Wildman–Crippen MR) is 56.8 cm³/mol. The quantitative estimate of drug-likeness (QED) is 0.199. The molecular weight excluding hydrogens is 341 g/mol. The van der Waals surface area contributed by atoms with Crippen LogP contribution in [0.3, 0.4) is 0 Å². The number of rotatable bonds is 5. The summed E-state index contributed by atoms with van der Waals surface area (Å²) in [5.41, 5.74) is 0.